The van der Waals surface area contributed by atoms with Gasteiger partial charge in [0.1, 0.15) is 5.75 Å². The Labute approximate surface area is 196 Å². The van der Waals surface area contributed by atoms with E-state index in [2.05, 4.69) is 20.4 Å². The maximum Gasteiger partial charge on any atom is 0.573 e. The molecule has 0 aliphatic heterocycles. The molecule has 31 heavy (non-hydrogen) atoms. The van der Waals surface area contributed by atoms with Gasteiger partial charge in [-0.05, 0) is 30.7 Å². The molecule has 0 aliphatic rings. The van der Waals surface area contributed by atoms with Crippen molar-refractivity contribution in [1.82, 2.24) is 15.5 Å². The number of guanidine groups is 1. The van der Waals surface area contributed by atoms with E-state index in [0.29, 0.717) is 30.2 Å². The second kappa shape index (κ2) is 12.4. The maximum absolute atomic E-state index is 12.6. The average molecular weight is 550 g/mol. The van der Waals surface area contributed by atoms with E-state index in [1.54, 1.807) is 38.4 Å². The molecular formula is C21H26F3IN4O2. The number of nitrogens with zero attached hydrogens (tertiary/aromatic N) is 2. The quantitative estimate of drug-likeness (QED) is 0.309. The van der Waals surface area contributed by atoms with Gasteiger partial charge in [-0.1, -0.05) is 30.3 Å². The van der Waals surface area contributed by atoms with E-state index < -0.39 is 6.36 Å². The molecular weight excluding hydrogens is 524 g/mol. The molecule has 0 saturated heterocycles. The first-order valence-electron chi connectivity index (χ1n) is 9.36. The van der Waals surface area contributed by atoms with Crippen molar-refractivity contribution in [3.05, 3.63) is 65.2 Å². The molecule has 10 heteroatoms. The molecule has 0 bridgehead atoms. The highest BCUT2D eigenvalue weighted by Crippen LogP contribution is 2.26. The molecule has 2 aromatic rings. The van der Waals surface area contributed by atoms with Crippen molar-refractivity contribution >= 4 is 35.8 Å². The summed E-state index contributed by atoms with van der Waals surface area (Å²) in [6, 6.07) is 13.0. The van der Waals surface area contributed by atoms with Crippen LogP contribution < -0.4 is 15.4 Å². The van der Waals surface area contributed by atoms with Crippen molar-refractivity contribution in [2.75, 3.05) is 20.6 Å². The number of halogens is 4. The Bertz CT molecular complexity index is 872. The molecule has 0 radical (unpaired) electrons. The van der Waals surface area contributed by atoms with Gasteiger partial charge in [-0.25, -0.2) is 4.99 Å². The van der Waals surface area contributed by atoms with Gasteiger partial charge in [0.2, 0.25) is 0 Å². The van der Waals surface area contributed by atoms with Gasteiger partial charge in [-0.15, -0.1) is 37.1 Å². The summed E-state index contributed by atoms with van der Waals surface area (Å²) in [7, 11) is 3.37. The van der Waals surface area contributed by atoms with E-state index in [4.69, 9.17) is 0 Å². The fourth-order valence-electron chi connectivity index (χ4n) is 2.58. The minimum Gasteiger partial charge on any atom is -0.405 e. The van der Waals surface area contributed by atoms with E-state index in [9.17, 15) is 18.0 Å². The molecule has 2 aromatic carbocycles. The molecule has 6 nitrogen and oxygen atoms in total. The zero-order chi connectivity index (χ0) is 22.1. The molecule has 0 heterocycles. The highest BCUT2D eigenvalue weighted by Gasteiger charge is 2.31. The third-order valence-corrected chi connectivity index (χ3v) is 4.02. The molecule has 2 rings (SSSR count). The Kier molecular flexibility index (Phi) is 10.6. The third kappa shape index (κ3) is 9.03. The molecule has 0 unspecified atom stereocenters. The number of ether oxygens (including phenoxy) is 1. The SMILES string of the molecule is CCNC(=NCc1ccc(C(=O)N(C)C)cc1)NCc1ccccc1OC(F)(F)F.I. The minimum absolute atomic E-state index is 0. The van der Waals surface area contributed by atoms with Crippen LogP contribution in [0.5, 0.6) is 5.75 Å². The summed E-state index contributed by atoms with van der Waals surface area (Å²) < 4.78 is 41.8. The van der Waals surface area contributed by atoms with Gasteiger partial charge >= 0.3 is 6.36 Å². The largest absolute Gasteiger partial charge is 0.573 e. The summed E-state index contributed by atoms with van der Waals surface area (Å²) in [5.74, 6) is 0.113. The number of rotatable bonds is 7. The Hall–Kier alpha value is -2.50. The molecule has 0 aromatic heterocycles. The standard InChI is InChI=1S/C21H25F3N4O2.HI/c1-4-25-20(26-13-15-9-11-16(12-10-15)19(29)28(2)3)27-14-17-7-5-6-8-18(17)30-21(22,23)24;/h5-12H,4,13-14H2,1-3H3,(H2,25,26,27);1H. The van der Waals surface area contributed by atoms with Crippen LogP contribution in [0.25, 0.3) is 0 Å². The number of carbonyl (C=O) groups is 1. The lowest BCUT2D eigenvalue weighted by Crippen LogP contribution is -2.37. The summed E-state index contributed by atoms with van der Waals surface area (Å²) in [5, 5.41) is 6.06. The van der Waals surface area contributed by atoms with Crippen LogP contribution in [0.15, 0.2) is 53.5 Å². The summed E-state index contributed by atoms with van der Waals surface area (Å²) in [6.07, 6.45) is -4.76. The highest BCUT2D eigenvalue weighted by atomic mass is 127. The highest BCUT2D eigenvalue weighted by molar-refractivity contribution is 14.0. The molecule has 1 amide bonds. The molecule has 0 aliphatic carbocycles. The summed E-state index contributed by atoms with van der Waals surface area (Å²) in [4.78, 5) is 17.9. The van der Waals surface area contributed by atoms with Gasteiger partial charge in [0, 0.05) is 38.3 Å². The second-order valence-electron chi connectivity index (χ2n) is 6.60. The Morgan fingerprint density at radius 2 is 1.71 bits per heavy atom. The first kappa shape index (κ1) is 26.5. The van der Waals surface area contributed by atoms with E-state index in [0.717, 1.165) is 5.56 Å². The zero-order valence-corrected chi connectivity index (χ0v) is 19.8. The van der Waals surface area contributed by atoms with Crippen molar-refractivity contribution in [2.45, 2.75) is 26.4 Å². The number of benzene rings is 2. The van der Waals surface area contributed by atoms with Crippen molar-refractivity contribution in [2.24, 2.45) is 4.99 Å². The Morgan fingerprint density at radius 1 is 1.06 bits per heavy atom. The molecule has 0 fully saturated rings. The fraction of sp³-hybridized carbons (Fsp3) is 0.333. The Balaban J connectivity index is 0.00000480. The number of amides is 1. The van der Waals surface area contributed by atoms with Crippen LogP contribution in [0.1, 0.15) is 28.4 Å². The van der Waals surface area contributed by atoms with Crippen LogP contribution in [0.2, 0.25) is 0 Å². The van der Waals surface area contributed by atoms with Crippen LogP contribution in [-0.4, -0.2) is 43.8 Å². The minimum atomic E-state index is -4.76. The lowest BCUT2D eigenvalue weighted by molar-refractivity contribution is -0.274. The smallest absolute Gasteiger partial charge is 0.405 e. The van der Waals surface area contributed by atoms with E-state index in [1.165, 1.54) is 17.0 Å². The first-order valence-corrected chi connectivity index (χ1v) is 9.36. The molecule has 0 saturated carbocycles. The number of carbonyl (C=O) groups excluding carboxylic acids is 1. The van der Waals surface area contributed by atoms with Crippen molar-refractivity contribution in [3.63, 3.8) is 0 Å². The predicted octanol–water partition coefficient (Wildman–Crippen LogP) is 4.16. The van der Waals surface area contributed by atoms with Gasteiger partial charge in [-0.2, -0.15) is 0 Å². The van der Waals surface area contributed by atoms with E-state index in [-0.39, 0.29) is 42.2 Å². The van der Waals surface area contributed by atoms with Crippen molar-refractivity contribution in [3.8, 4) is 5.75 Å². The molecule has 170 valence electrons. The monoisotopic (exact) mass is 550 g/mol. The summed E-state index contributed by atoms with van der Waals surface area (Å²) in [5.41, 5.74) is 1.83. The molecule has 2 N–H and O–H groups in total. The van der Waals surface area contributed by atoms with Crippen molar-refractivity contribution in [1.29, 1.82) is 0 Å². The zero-order valence-electron chi connectivity index (χ0n) is 17.5. The van der Waals surface area contributed by atoms with Crippen molar-refractivity contribution < 1.29 is 22.7 Å². The number of hydrogen-bond acceptors (Lipinski definition) is 3. The topological polar surface area (TPSA) is 66.0 Å². The first-order chi connectivity index (χ1) is 14.2. The summed E-state index contributed by atoms with van der Waals surface area (Å²) in [6.45, 7) is 2.92. The second-order valence-corrected chi connectivity index (χ2v) is 6.60. The van der Waals surface area contributed by atoms with Crippen LogP contribution in [0.4, 0.5) is 13.2 Å². The summed E-state index contributed by atoms with van der Waals surface area (Å²) >= 11 is 0. The van der Waals surface area contributed by atoms with E-state index in [1.807, 2.05) is 19.1 Å². The van der Waals surface area contributed by atoms with Crippen LogP contribution >= 0.6 is 24.0 Å². The molecule has 0 atom stereocenters. The number of alkyl halides is 3. The van der Waals surface area contributed by atoms with Crippen LogP contribution in [0, 0.1) is 0 Å². The average Bonchev–Trinajstić information content (AvgIpc) is 2.69. The van der Waals surface area contributed by atoms with Gasteiger partial charge in [-0.3, -0.25) is 4.79 Å². The normalized spacial score (nSPS) is 11.4. The van der Waals surface area contributed by atoms with Crippen LogP contribution in [-0.2, 0) is 13.1 Å². The fourth-order valence-corrected chi connectivity index (χ4v) is 2.58. The number of aliphatic imine (C=N–C) groups is 1. The lowest BCUT2D eigenvalue weighted by atomic mass is 10.1. The van der Waals surface area contributed by atoms with Crippen LogP contribution in [0.3, 0.4) is 0 Å². The van der Waals surface area contributed by atoms with E-state index >= 15 is 0 Å². The lowest BCUT2D eigenvalue weighted by Gasteiger charge is -2.15. The molecule has 0 spiro atoms. The number of para-hydroxylation sites is 1. The predicted molar refractivity (Wildman–Crippen MR) is 125 cm³/mol. The van der Waals surface area contributed by atoms with Gasteiger partial charge in [0.25, 0.3) is 5.91 Å². The van der Waals surface area contributed by atoms with Gasteiger partial charge in [0.15, 0.2) is 5.96 Å². The third-order valence-electron chi connectivity index (χ3n) is 4.02. The maximum atomic E-state index is 12.6. The number of hydrogen-bond donors (Lipinski definition) is 2. The Morgan fingerprint density at radius 3 is 2.29 bits per heavy atom. The van der Waals surface area contributed by atoms with Gasteiger partial charge < -0.3 is 20.3 Å². The van der Waals surface area contributed by atoms with Gasteiger partial charge in [0.05, 0.1) is 6.54 Å². The number of nitrogens with one attached hydrogen (secondary N) is 2.